The van der Waals surface area contributed by atoms with Gasteiger partial charge in [-0.15, -0.1) is 0 Å². The van der Waals surface area contributed by atoms with E-state index in [0.717, 1.165) is 12.8 Å². The fourth-order valence-corrected chi connectivity index (χ4v) is 1.30. The van der Waals surface area contributed by atoms with Crippen LogP contribution in [0.15, 0.2) is 0 Å². The predicted octanol–water partition coefficient (Wildman–Crippen LogP) is 0.0741. The Morgan fingerprint density at radius 3 is 2.83 bits per heavy atom. The van der Waals surface area contributed by atoms with Crippen LogP contribution in [0.3, 0.4) is 0 Å². The second-order valence-corrected chi connectivity index (χ2v) is 2.90. The fourth-order valence-electron chi connectivity index (χ4n) is 1.30. The zero-order valence-corrected chi connectivity index (χ0v) is 7.08. The molecule has 0 bridgehead atoms. The first-order valence-corrected chi connectivity index (χ1v) is 4.14. The number of esters is 1. The maximum atomic E-state index is 11.0. The molecule has 0 aromatic rings. The molecule has 12 heavy (non-hydrogen) atoms. The van der Waals surface area contributed by atoms with Gasteiger partial charge in [-0.2, -0.15) is 0 Å². The van der Waals surface area contributed by atoms with Gasteiger partial charge in [0.1, 0.15) is 0 Å². The summed E-state index contributed by atoms with van der Waals surface area (Å²) in [6, 6.07) is 0.178. The van der Waals surface area contributed by atoms with Crippen molar-refractivity contribution in [2.45, 2.75) is 25.8 Å². The van der Waals surface area contributed by atoms with Crippen molar-refractivity contribution in [1.29, 1.82) is 0 Å². The summed E-state index contributed by atoms with van der Waals surface area (Å²) >= 11 is 0. The van der Waals surface area contributed by atoms with Gasteiger partial charge >= 0.3 is 5.97 Å². The van der Waals surface area contributed by atoms with Crippen LogP contribution in [0.25, 0.3) is 0 Å². The van der Waals surface area contributed by atoms with Crippen molar-refractivity contribution in [3.63, 3.8) is 0 Å². The molecule has 0 radical (unpaired) electrons. The lowest BCUT2D eigenvalue weighted by Gasteiger charge is -2.32. The summed E-state index contributed by atoms with van der Waals surface area (Å²) in [5.74, 6) is -0.135. The second-order valence-electron chi connectivity index (χ2n) is 2.90. The average Bonchev–Trinajstić information content (AvgIpc) is 1.96. The van der Waals surface area contributed by atoms with Gasteiger partial charge in [0.15, 0.2) is 0 Å². The van der Waals surface area contributed by atoms with Crippen molar-refractivity contribution in [1.82, 2.24) is 5.32 Å². The first-order chi connectivity index (χ1) is 5.77. The van der Waals surface area contributed by atoms with Crippen molar-refractivity contribution in [3.8, 4) is 0 Å². The molecule has 1 amide bonds. The SMILES string of the molecule is CCOC(=O)C1CC(NC=O)C1. The van der Waals surface area contributed by atoms with E-state index in [0.29, 0.717) is 13.0 Å². The number of rotatable bonds is 4. The van der Waals surface area contributed by atoms with E-state index in [9.17, 15) is 9.59 Å². The molecule has 0 atom stereocenters. The average molecular weight is 171 g/mol. The van der Waals surface area contributed by atoms with Crippen LogP contribution in [0.4, 0.5) is 0 Å². The topological polar surface area (TPSA) is 55.4 Å². The minimum absolute atomic E-state index is 0.00222. The minimum atomic E-state index is -0.138. The standard InChI is InChI=1S/C8H13NO3/c1-2-12-8(11)6-3-7(4-6)9-5-10/h5-7H,2-4H2,1H3,(H,9,10). The van der Waals surface area contributed by atoms with Gasteiger partial charge in [-0.05, 0) is 19.8 Å². The highest BCUT2D eigenvalue weighted by atomic mass is 16.5. The number of carbonyl (C=O) groups is 2. The largest absolute Gasteiger partial charge is 0.466 e. The van der Waals surface area contributed by atoms with E-state index in [1.165, 1.54) is 0 Å². The number of hydrogen-bond donors (Lipinski definition) is 1. The maximum absolute atomic E-state index is 11.0. The second kappa shape index (κ2) is 4.09. The van der Waals surface area contributed by atoms with Crippen LogP contribution in [0.2, 0.25) is 0 Å². The van der Waals surface area contributed by atoms with E-state index >= 15 is 0 Å². The Labute approximate surface area is 71.3 Å². The molecule has 0 spiro atoms. The highest BCUT2D eigenvalue weighted by Crippen LogP contribution is 2.27. The molecular weight excluding hydrogens is 158 g/mol. The van der Waals surface area contributed by atoms with E-state index in [1.807, 2.05) is 0 Å². The molecule has 1 rings (SSSR count). The Kier molecular flexibility index (Phi) is 3.08. The highest BCUT2D eigenvalue weighted by Gasteiger charge is 2.34. The third-order valence-electron chi connectivity index (χ3n) is 2.06. The summed E-state index contributed by atoms with van der Waals surface area (Å²) in [7, 11) is 0. The van der Waals surface area contributed by atoms with Crippen LogP contribution < -0.4 is 5.32 Å². The van der Waals surface area contributed by atoms with Crippen LogP contribution in [-0.2, 0) is 14.3 Å². The van der Waals surface area contributed by atoms with Crippen molar-refractivity contribution in [2.75, 3.05) is 6.61 Å². The van der Waals surface area contributed by atoms with Crippen LogP contribution >= 0.6 is 0 Å². The molecule has 0 aromatic heterocycles. The van der Waals surface area contributed by atoms with Gasteiger partial charge in [0, 0.05) is 6.04 Å². The summed E-state index contributed by atoms with van der Waals surface area (Å²) < 4.78 is 4.82. The lowest BCUT2D eigenvalue weighted by Crippen LogP contribution is -2.44. The molecule has 0 aliphatic heterocycles. The van der Waals surface area contributed by atoms with E-state index in [2.05, 4.69) is 5.32 Å². The van der Waals surface area contributed by atoms with Gasteiger partial charge < -0.3 is 10.1 Å². The minimum Gasteiger partial charge on any atom is -0.466 e. The van der Waals surface area contributed by atoms with Crippen LogP contribution in [0, 0.1) is 5.92 Å². The number of nitrogens with one attached hydrogen (secondary N) is 1. The number of ether oxygens (including phenoxy) is 1. The summed E-state index contributed by atoms with van der Waals surface area (Å²) in [4.78, 5) is 21.0. The normalized spacial score (nSPS) is 27.1. The summed E-state index contributed by atoms with van der Waals surface area (Å²) in [6.07, 6.45) is 2.11. The Morgan fingerprint density at radius 2 is 2.33 bits per heavy atom. The van der Waals surface area contributed by atoms with Gasteiger partial charge in [0.2, 0.25) is 6.41 Å². The monoisotopic (exact) mass is 171 g/mol. The molecular formula is C8H13NO3. The molecule has 1 saturated carbocycles. The van der Waals surface area contributed by atoms with Gasteiger partial charge in [0.25, 0.3) is 0 Å². The molecule has 0 heterocycles. The van der Waals surface area contributed by atoms with Gasteiger partial charge in [-0.3, -0.25) is 9.59 Å². The quantitative estimate of drug-likeness (QED) is 0.481. The molecule has 0 unspecified atom stereocenters. The zero-order chi connectivity index (χ0) is 8.97. The molecule has 1 N–H and O–H groups in total. The van der Waals surface area contributed by atoms with Gasteiger partial charge in [-0.25, -0.2) is 0 Å². The summed E-state index contributed by atoms with van der Waals surface area (Å²) in [5.41, 5.74) is 0. The zero-order valence-electron chi connectivity index (χ0n) is 7.08. The number of amides is 1. The Balaban J connectivity index is 2.15. The van der Waals surface area contributed by atoms with E-state index in [-0.39, 0.29) is 17.9 Å². The molecule has 4 nitrogen and oxygen atoms in total. The molecule has 4 heteroatoms. The first-order valence-electron chi connectivity index (χ1n) is 4.14. The molecule has 0 saturated heterocycles. The van der Waals surface area contributed by atoms with E-state index in [4.69, 9.17) is 4.74 Å². The molecule has 1 fully saturated rings. The fraction of sp³-hybridized carbons (Fsp3) is 0.750. The van der Waals surface area contributed by atoms with Crippen molar-refractivity contribution >= 4 is 12.4 Å². The number of carbonyl (C=O) groups excluding carboxylic acids is 2. The van der Waals surface area contributed by atoms with Crippen LogP contribution in [-0.4, -0.2) is 25.0 Å². The first kappa shape index (κ1) is 9.03. The van der Waals surface area contributed by atoms with Gasteiger partial charge in [-0.1, -0.05) is 0 Å². The summed E-state index contributed by atoms with van der Waals surface area (Å²) in [6.45, 7) is 2.22. The van der Waals surface area contributed by atoms with E-state index < -0.39 is 0 Å². The molecule has 68 valence electrons. The third kappa shape index (κ3) is 1.96. The lowest BCUT2D eigenvalue weighted by atomic mass is 9.80. The van der Waals surface area contributed by atoms with Gasteiger partial charge in [0.05, 0.1) is 12.5 Å². The third-order valence-corrected chi connectivity index (χ3v) is 2.06. The van der Waals surface area contributed by atoms with Crippen molar-refractivity contribution in [3.05, 3.63) is 0 Å². The predicted molar refractivity (Wildman–Crippen MR) is 42.3 cm³/mol. The summed E-state index contributed by atoms with van der Waals surface area (Å²) in [5, 5.41) is 2.62. The Bertz CT molecular complexity index is 175. The molecule has 0 aromatic carbocycles. The van der Waals surface area contributed by atoms with Crippen molar-refractivity contribution < 1.29 is 14.3 Å². The van der Waals surface area contributed by atoms with Crippen LogP contribution in [0.1, 0.15) is 19.8 Å². The Hall–Kier alpha value is -1.06. The maximum Gasteiger partial charge on any atom is 0.309 e. The lowest BCUT2D eigenvalue weighted by molar-refractivity contribution is -0.152. The Morgan fingerprint density at radius 1 is 1.67 bits per heavy atom. The van der Waals surface area contributed by atoms with E-state index in [1.54, 1.807) is 6.92 Å². The number of hydrogen-bond acceptors (Lipinski definition) is 3. The smallest absolute Gasteiger partial charge is 0.309 e. The molecule has 1 aliphatic rings. The van der Waals surface area contributed by atoms with Crippen LogP contribution in [0.5, 0.6) is 0 Å². The molecule has 1 aliphatic carbocycles. The van der Waals surface area contributed by atoms with Crippen molar-refractivity contribution in [2.24, 2.45) is 5.92 Å². The highest BCUT2D eigenvalue weighted by molar-refractivity contribution is 5.73.